The molecule has 0 amide bonds. The summed E-state index contributed by atoms with van der Waals surface area (Å²) in [7, 11) is 0. The van der Waals surface area contributed by atoms with Gasteiger partial charge in [-0.2, -0.15) is 0 Å². The first-order chi connectivity index (χ1) is 4.83. The zero-order chi connectivity index (χ0) is 7.14. The Morgan fingerprint density at radius 2 is 2.40 bits per heavy atom. The van der Waals surface area contributed by atoms with E-state index in [1.165, 1.54) is 6.42 Å². The molecule has 4 atom stereocenters. The van der Waals surface area contributed by atoms with Crippen molar-refractivity contribution >= 4 is 0 Å². The Kier molecular flexibility index (Phi) is 1.46. The number of epoxide rings is 1. The zero-order valence-corrected chi connectivity index (χ0v) is 6.54. The topological polar surface area (TPSA) is 21.8 Å². The van der Waals surface area contributed by atoms with Crippen molar-refractivity contribution in [1.29, 1.82) is 0 Å². The Bertz CT molecular complexity index is 135. The van der Waals surface area contributed by atoms with Gasteiger partial charge in [0.05, 0.1) is 12.7 Å². The second-order valence-corrected chi connectivity index (χ2v) is 3.32. The van der Waals surface area contributed by atoms with Gasteiger partial charge in [-0.3, -0.25) is 0 Å². The molecule has 0 aliphatic carbocycles. The molecule has 2 saturated heterocycles. The molecule has 58 valence electrons. The van der Waals surface area contributed by atoms with E-state index in [2.05, 4.69) is 13.8 Å². The average Bonchev–Trinajstić information content (AvgIpc) is 2.62. The molecule has 10 heavy (non-hydrogen) atoms. The van der Waals surface area contributed by atoms with Gasteiger partial charge in [0.2, 0.25) is 0 Å². The van der Waals surface area contributed by atoms with Gasteiger partial charge >= 0.3 is 0 Å². The molecule has 0 aromatic heterocycles. The highest BCUT2D eigenvalue weighted by atomic mass is 16.7. The summed E-state index contributed by atoms with van der Waals surface area (Å²) in [5, 5.41) is 0. The monoisotopic (exact) mass is 142 g/mol. The van der Waals surface area contributed by atoms with Crippen LogP contribution in [0, 0.1) is 5.92 Å². The van der Waals surface area contributed by atoms with Crippen molar-refractivity contribution in [2.45, 2.75) is 38.6 Å². The van der Waals surface area contributed by atoms with Gasteiger partial charge in [-0.05, 0) is 5.92 Å². The van der Waals surface area contributed by atoms with Gasteiger partial charge < -0.3 is 9.47 Å². The van der Waals surface area contributed by atoms with E-state index in [4.69, 9.17) is 9.47 Å². The van der Waals surface area contributed by atoms with E-state index >= 15 is 0 Å². The van der Waals surface area contributed by atoms with Crippen LogP contribution in [0.2, 0.25) is 0 Å². The predicted molar refractivity (Wildman–Crippen MR) is 37.9 cm³/mol. The molecular formula is C8H14O2. The maximum absolute atomic E-state index is 5.54. The molecule has 0 unspecified atom stereocenters. The standard InChI is InChI=1S/C8H14O2/c1-3-5(2)7-8-6(10-8)4-9-7/h5-8H,3-4H2,1-2H3/t5-,6-,7+,8-/m0/s1. The minimum absolute atomic E-state index is 0.398. The van der Waals surface area contributed by atoms with E-state index in [0.29, 0.717) is 24.2 Å². The first-order valence-corrected chi connectivity index (χ1v) is 4.10. The second kappa shape index (κ2) is 2.21. The van der Waals surface area contributed by atoms with Crippen molar-refractivity contribution in [2.24, 2.45) is 5.92 Å². The summed E-state index contributed by atoms with van der Waals surface area (Å²) in [5.41, 5.74) is 0. The normalized spacial score (nSPS) is 46.8. The summed E-state index contributed by atoms with van der Waals surface area (Å²) >= 11 is 0. The van der Waals surface area contributed by atoms with Crippen LogP contribution >= 0.6 is 0 Å². The van der Waals surface area contributed by atoms with Crippen LogP contribution in [0.5, 0.6) is 0 Å². The summed E-state index contributed by atoms with van der Waals surface area (Å²) in [6.45, 7) is 5.26. The summed E-state index contributed by atoms with van der Waals surface area (Å²) in [4.78, 5) is 0. The van der Waals surface area contributed by atoms with Crippen LogP contribution in [0.4, 0.5) is 0 Å². The van der Waals surface area contributed by atoms with Crippen LogP contribution in [-0.4, -0.2) is 24.9 Å². The summed E-state index contributed by atoms with van der Waals surface area (Å²) in [6, 6.07) is 0. The third-order valence-electron chi connectivity index (χ3n) is 2.60. The molecule has 2 rings (SSSR count). The smallest absolute Gasteiger partial charge is 0.113 e. The Labute approximate surface area is 61.5 Å². The lowest BCUT2D eigenvalue weighted by molar-refractivity contribution is -0.00222. The van der Waals surface area contributed by atoms with E-state index in [-0.39, 0.29) is 0 Å². The van der Waals surface area contributed by atoms with Gasteiger partial charge in [0.15, 0.2) is 0 Å². The molecule has 0 N–H and O–H groups in total. The summed E-state index contributed by atoms with van der Waals surface area (Å²) in [5.74, 6) is 0.664. The van der Waals surface area contributed by atoms with Crippen molar-refractivity contribution in [2.75, 3.05) is 6.61 Å². The number of hydrogen-bond acceptors (Lipinski definition) is 2. The van der Waals surface area contributed by atoms with Gasteiger partial charge in [-0.1, -0.05) is 20.3 Å². The fourth-order valence-corrected chi connectivity index (χ4v) is 1.60. The molecule has 0 saturated carbocycles. The van der Waals surface area contributed by atoms with Crippen LogP contribution in [0.15, 0.2) is 0 Å². The molecule has 0 bridgehead atoms. The summed E-state index contributed by atoms with van der Waals surface area (Å²) < 4.78 is 10.9. The second-order valence-electron chi connectivity index (χ2n) is 3.32. The van der Waals surface area contributed by atoms with Crippen LogP contribution in [0.1, 0.15) is 20.3 Å². The molecule has 0 radical (unpaired) electrons. The molecule has 2 fully saturated rings. The summed E-state index contributed by atoms with van der Waals surface area (Å²) in [6.07, 6.45) is 2.50. The first-order valence-electron chi connectivity index (χ1n) is 4.10. The van der Waals surface area contributed by atoms with Crippen molar-refractivity contribution in [1.82, 2.24) is 0 Å². The lowest BCUT2D eigenvalue weighted by Crippen LogP contribution is -2.22. The van der Waals surface area contributed by atoms with E-state index in [9.17, 15) is 0 Å². The largest absolute Gasteiger partial charge is 0.372 e. The van der Waals surface area contributed by atoms with Gasteiger partial charge in [0, 0.05) is 0 Å². The van der Waals surface area contributed by atoms with E-state index in [1.54, 1.807) is 0 Å². The van der Waals surface area contributed by atoms with Crippen LogP contribution in [0.3, 0.4) is 0 Å². The van der Waals surface area contributed by atoms with Crippen LogP contribution in [0.25, 0.3) is 0 Å². The van der Waals surface area contributed by atoms with Crippen LogP contribution in [-0.2, 0) is 9.47 Å². The fraction of sp³-hybridized carbons (Fsp3) is 1.00. The van der Waals surface area contributed by atoms with E-state index in [1.807, 2.05) is 0 Å². The first kappa shape index (κ1) is 6.62. The average molecular weight is 142 g/mol. The minimum atomic E-state index is 0.398. The highest BCUT2D eigenvalue weighted by molar-refractivity contribution is 4.98. The number of hydrogen-bond donors (Lipinski definition) is 0. The Hall–Kier alpha value is -0.0800. The van der Waals surface area contributed by atoms with Crippen LogP contribution < -0.4 is 0 Å². The lowest BCUT2D eigenvalue weighted by atomic mass is 9.99. The molecule has 0 aromatic carbocycles. The molecule has 2 heterocycles. The maximum atomic E-state index is 5.54. The minimum Gasteiger partial charge on any atom is -0.372 e. The third-order valence-corrected chi connectivity index (χ3v) is 2.60. The van der Waals surface area contributed by atoms with Gasteiger partial charge in [0.25, 0.3) is 0 Å². The Balaban J connectivity index is 1.92. The fourth-order valence-electron chi connectivity index (χ4n) is 1.60. The highest BCUT2D eigenvalue weighted by Gasteiger charge is 2.52. The molecule has 0 aromatic rings. The Morgan fingerprint density at radius 3 is 2.80 bits per heavy atom. The number of ether oxygens (including phenoxy) is 2. The SMILES string of the molecule is CC[C@H](C)[C@H]1OC[C@@H]2O[C@H]12. The number of fused-ring (bicyclic) bond motifs is 1. The molecule has 2 aliphatic rings. The zero-order valence-electron chi connectivity index (χ0n) is 6.54. The van der Waals surface area contributed by atoms with Gasteiger partial charge in [0.1, 0.15) is 12.2 Å². The number of rotatable bonds is 2. The van der Waals surface area contributed by atoms with Gasteiger partial charge in [-0.15, -0.1) is 0 Å². The van der Waals surface area contributed by atoms with Gasteiger partial charge in [-0.25, -0.2) is 0 Å². The molecule has 2 nitrogen and oxygen atoms in total. The molecule has 0 spiro atoms. The Morgan fingerprint density at radius 1 is 1.60 bits per heavy atom. The highest BCUT2D eigenvalue weighted by Crippen LogP contribution is 2.38. The van der Waals surface area contributed by atoms with E-state index in [0.717, 1.165) is 6.61 Å². The lowest BCUT2D eigenvalue weighted by Gasteiger charge is -2.17. The van der Waals surface area contributed by atoms with Crippen molar-refractivity contribution in [3.63, 3.8) is 0 Å². The molecule has 2 heteroatoms. The van der Waals surface area contributed by atoms with Crippen molar-refractivity contribution in [3.8, 4) is 0 Å². The predicted octanol–water partition coefficient (Wildman–Crippen LogP) is 1.20. The quantitative estimate of drug-likeness (QED) is 0.540. The third kappa shape index (κ3) is 0.867. The van der Waals surface area contributed by atoms with E-state index < -0.39 is 0 Å². The maximum Gasteiger partial charge on any atom is 0.113 e. The van der Waals surface area contributed by atoms with Crippen molar-refractivity contribution in [3.05, 3.63) is 0 Å². The van der Waals surface area contributed by atoms with Crippen molar-refractivity contribution < 1.29 is 9.47 Å². The molecule has 2 aliphatic heterocycles. The molecular weight excluding hydrogens is 128 g/mol.